The number of allylic oxidation sites excluding steroid dienone is 2. The summed E-state index contributed by atoms with van der Waals surface area (Å²) < 4.78 is 5.12. The zero-order chi connectivity index (χ0) is 35.4. The van der Waals surface area contributed by atoms with E-state index in [1.54, 1.807) is 0 Å². The number of aromatic nitrogens is 2. The third kappa shape index (κ3) is 4.22. The third-order valence-electron chi connectivity index (χ3n) is 12.4. The van der Waals surface area contributed by atoms with Gasteiger partial charge in [0, 0.05) is 54.6 Å². The first-order valence-electron chi connectivity index (χ1n) is 19.1. The maximum Gasteiger partial charge on any atom is 0.0641 e. The van der Waals surface area contributed by atoms with Crippen LogP contribution in [0.25, 0.3) is 67.0 Å². The van der Waals surface area contributed by atoms with Crippen LogP contribution < -0.4 is 15.5 Å². The number of nitrogens with zero attached hydrogens (tertiary/aromatic N) is 3. The molecule has 0 saturated heterocycles. The van der Waals surface area contributed by atoms with Gasteiger partial charge in [0.1, 0.15) is 0 Å². The lowest BCUT2D eigenvalue weighted by Gasteiger charge is -2.39. The van der Waals surface area contributed by atoms with Crippen LogP contribution in [0, 0.1) is 5.92 Å². The zero-order valence-electron chi connectivity index (χ0n) is 30.4. The fraction of sp³-hybridized carbons (Fsp3) is 0.160. The predicted molar refractivity (Wildman–Crippen MR) is 224 cm³/mol. The molecule has 0 saturated carbocycles. The molecule has 0 bridgehead atoms. The Labute approximate surface area is 309 Å². The van der Waals surface area contributed by atoms with E-state index in [9.17, 15) is 0 Å². The molecule has 0 radical (unpaired) electrons. The van der Waals surface area contributed by atoms with Crippen LogP contribution in [-0.2, 0) is 5.41 Å². The van der Waals surface area contributed by atoms with Gasteiger partial charge in [-0.25, -0.2) is 0 Å². The van der Waals surface area contributed by atoms with Crippen molar-refractivity contribution in [2.24, 2.45) is 5.92 Å². The van der Waals surface area contributed by atoms with Crippen molar-refractivity contribution in [2.45, 2.75) is 45.1 Å². The summed E-state index contributed by atoms with van der Waals surface area (Å²) in [6, 6.07) is 45.5. The molecule has 0 N–H and O–H groups in total. The van der Waals surface area contributed by atoms with E-state index in [4.69, 9.17) is 0 Å². The number of rotatable bonds is 4. The summed E-state index contributed by atoms with van der Waals surface area (Å²) >= 11 is 0. The molecular weight excluding hydrogens is 643 g/mol. The molecule has 3 aliphatic rings. The molecule has 1 aliphatic heterocycles. The zero-order valence-corrected chi connectivity index (χ0v) is 30.4. The predicted octanol–water partition coefficient (Wildman–Crippen LogP) is 11.1. The van der Waals surface area contributed by atoms with Crippen LogP contribution in [0.1, 0.15) is 44.7 Å². The van der Waals surface area contributed by atoms with Crippen LogP contribution >= 0.6 is 0 Å². The topological polar surface area (TPSA) is 13.1 Å². The molecule has 2 aliphatic carbocycles. The Hall–Kier alpha value is -6.06. The summed E-state index contributed by atoms with van der Waals surface area (Å²) in [4.78, 5) is 2.59. The van der Waals surface area contributed by atoms with Crippen LogP contribution in [0.5, 0.6) is 0 Å². The SMILES string of the molecule is CC1C=CC=CC1N(c1ccc2c(c1)C(C)(C)c1cc3c4ccccc4n(-c4ccccc4)c3c3c4c(n-2c13)=CCCC=4)c1cccc2ccccc12. The second-order valence-electron chi connectivity index (χ2n) is 15.7. The second-order valence-corrected chi connectivity index (χ2v) is 15.7. The second kappa shape index (κ2) is 11.2. The molecule has 3 heteroatoms. The van der Waals surface area contributed by atoms with Crippen molar-refractivity contribution in [1.82, 2.24) is 9.13 Å². The summed E-state index contributed by atoms with van der Waals surface area (Å²) in [5.41, 5.74) is 11.4. The molecule has 6 aromatic carbocycles. The molecule has 2 aromatic heterocycles. The highest BCUT2D eigenvalue weighted by Crippen LogP contribution is 2.49. The molecule has 3 nitrogen and oxygen atoms in total. The number of fused-ring (bicyclic) bond motifs is 10. The van der Waals surface area contributed by atoms with Gasteiger partial charge in [-0.2, -0.15) is 0 Å². The minimum Gasteiger partial charge on any atom is -0.333 e. The van der Waals surface area contributed by atoms with Crippen LogP contribution in [-0.4, -0.2) is 15.2 Å². The lowest BCUT2D eigenvalue weighted by atomic mass is 9.74. The van der Waals surface area contributed by atoms with Gasteiger partial charge in [0.25, 0.3) is 0 Å². The van der Waals surface area contributed by atoms with Crippen molar-refractivity contribution in [3.05, 3.63) is 167 Å². The summed E-state index contributed by atoms with van der Waals surface area (Å²) in [5.74, 6) is 0.347. The Kier molecular flexibility index (Phi) is 6.47. The van der Waals surface area contributed by atoms with Gasteiger partial charge < -0.3 is 14.0 Å². The lowest BCUT2D eigenvalue weighted by molar-refractivity contribution is 0.606. The van der Waals surface area contributed by atoms with Gasteiger partial charge in [0.2, 0.25) is 0 Å². The van der Waals surface area contributed by atoms with E-state index in [0.717, 1.165) is 12.8 Å². The summed E-state index contributed by atoms with van der Waals surface area (Å²) in [6.45, 7) is 7.24. The fourth-order valence-electron chi connectivity index (χ4n) is 9.83. The first-order valence-corrected chi connectivity index (χ1v) is 19.1. The highest BCUT2D eigenvalue weighted by molar-refractivity contribution is 6.20. The molecule has 0 fully saturated rings. The average molecular weight is 684 g/mol. The minimum absolute atomic E-state index is 0.181. The number of hydrogen-bond acceptors (Lipinski definition) is 1. The van der Waals surface area contributed by atoms with E-state index in [1.165, 1.54) is 87.9 Å². The van der Waals surface area contributed by atoms with Gasteiger partial charge in [0.05, 0.1) is 28.3 Å². The van der Waals surface area contributed by atoms with Crippen molar-refractivity contribution in [3.8, 4) is 11.4 Å². The van der Waals surface area contributed by atoms with E-state index in [1.807, 2.05) is 0 Å². The Morgan fingerprint density at radius 2 is 1.40 bits per heavy atom. The van der Waals surface area contributed by atoms with Crippen molar-refractivity contribution >= 4 is 67.0 Å². The Morgan fingerprint density at radius 1 is 0.642 bits per heavy atom. The Balaban J connectivity index is 1.24. The van der Waals surface area contributed by atoms with Gasteiger partial charge >= 0.3 is 0 Å². The molecule has 11 rings (SSSR count). The largest absolute Gasteiger partial charge is 0.333 e. The number of hydrogen-bond donors (Lipinski definition) is 0. The molecule has 0 spiro atoms. The van der Waals surface area contributed by atoms with Gasteiger partial charge in [-0.05, 0) is 83.8 Å². The smallest absolute Gasteiger partial charge is 0.0641 e. The summed E-state index contributed by atoms with van der Waals surface area (Å²) in [6.07, 6.45) is 16.2. The highest BCUT2D eigenvalue weighted by Gasteiger charge is 2.38. The molecule has 0 amide bonds. The first-order chi connectivity index (χ1) is 26.0. The number of benzene rings is 6. The normalized spacial score (nSPS) is 18.2. The highest BCUT2D eigenvalue weighted by atomic mass is 15.2. The molecule has 256 valence electrons. The molecule has 2 unspecified atom stereocenters. The minimum atomic E-state index is -0.261. The van der Waals surface area contributed by atoms with Crippen LogP contribution in [0.3, 0.4) is 0 Å². The van der Waals surface area contributed by atoms with Gasteiger partial charge in [0.15, 0.2) is 0 Å². The number of anilines is 2. The van der Waals surface area contributed by atoms with E-state index in [0.29, 0.717) is 5.92 Å². The summed E-state index contributed by atoms with van der Waals surface area (Å²) in [7, 11) is 0. The van der Waals surface area contributed by atoms with Gasteiger partial charge in [-0.3, -0.25) is 0 Å². The first kappa shape index (κ1) is 30.6. The molecule has 3 heterocycles. The van der Waals surface area contributed by atoms with E-state index in [-0.39, 0.29) is 11.5 Å². The van der Waals surface area contributed by atoms with Crippen LogP contribution in [0.4, 0.5) is 11.4 Å². The fourth-order valence-corrected chi connectivity index (χ4v) is 9.83. The molecule has 8 aromatic rings. The van der Waals surface area contributed by atoms with E-state index in [2.05, 4.69) is 193 Å². The third-order valence-corrected chi connectivity index (χ3v) is 12.4. The van der Waals surface area contributed by atoms with Crippen molar-refractivity contribution in [2.75, 3.05) is 4.90 Å². The van der Waals surface area contributed by atoms with Crippen LogP contribution in [0.15, 0.2) is 146 Å². The van der Waals surface area contributed by atoms with E-state index < -0.39 is 0 Å². The average Bonchev–Trinajstić information content (AvgIpc) is 3.72. The Morgan fingerprint density at radius 3 is 2.26 bits per heavy atom. The van der Waals surface area contributed by atoms with Gasteiger partial charge in [-0.1, -0.05) is 130 Å². The maximum atomic E-state index is 2.61. The molecule has 2 atom stereocenters. The molecule has 53 heavy (non-hydrogen) atoms. The lowest BCUT2D eigenvalue weighted by Crippen LogP contribution is -2.36. The number of para-hydroxylation sites is 2. The van der Waals surface area contributed by atoms with Crippen molar-refractivity contribution in [1.29, 1.82) is 0 Å². The standard InChI is InChI=1S/C50H41N3/c1-32-16-7-12-24-42(32)51(43-27-15-18-33-17-8-9-21-36(33)43)35-28-29-46-40(30-35)50(2,3)41-31-39-37-22-10-13-25-44(37)52(34-19-5-4-6-20-34)48(39)47-38-23-11-14-26-45(38)53(46)49(41)47/h4-10,12-13,15-32,42H,11,14H2,1-3H3. The van der Waals surface area contributed by atoms with E-state index >= 15 is 0 Å². The molecular formula is C50H41N3. The maximum absolute atomic E-state index is 2.61. The Bertz CT molecular complexity index is 3000. The van der Waals surface area contributed by atoms with Crippen molar-refractivity contribution < 1.29 is 0 Å². The monoisotopic (exact) mass is 683 g/mol. The van der Waals surface area contributed by atoms with Crippen molar-refractivity contribution in [3.63, 3.8) is 0 Å². The summed E-state index contributed by atoms with van der Waals surface area (Å²) in [5, 5.41) is 9.23. The van der Waals surface area contributed by atoms with Crippen LogP contribution in [0.2, 0.25) is 0 Å². The van der Waals surface area contributed by atoms with Gasteiger partial charge in [-0.15, -0.1) is 0 Å². The quantitative estimate of drug-likeness (QED) is 0.180.